The Bertz CT molecular complexity index is 477. The highest BCUT2D eigenvalue weighted by atomic mass is 35.5. The Morgan fingerprint density at radius 1 is 1.06 bits per heavy atom. The molecule has 1 heterocycles. The summed E-state index contributed by atoms with van der Waals surface area (Å²) in [6, 6.07) is 11.1. The van der Waals surface area contributed by atoms with Gasteiger partial charge in [0.15, 0.2) is 0 Å². The first kappa shape index (κ1) is 17.0. The lowest BCUT2D eigenvalue weighted by Crippen LogP contribution is -2.12. The molecule has 0 atom stereocenters. The minimum Gasteiger partial charge on any atom is -0.412 e. The molecule has 0 aliphatic rings. The molecule has 0 spiro atoms. The van der Waals surface area contributed by atoms with Crippen molar-refractivity contribution in [2.45, 2.75) is 0 Å². The molecular formula is C10H12Cl2N2O2. The number of aromatic nitrogens is 1. The zero-order valence-electron chi connectivity index (χ0n) is 8.21. The summed E-state index contributed by atoms with van der Waals surface area (Å²) in [6.45, 7) is 0. The van der Waals surface area contributed by atoms with Gasteiger partial charge >= 0.3 is 0 Å². The Balaban J connectivity index is 0. The van der Waals surface area contributed by atoms with Crippen LogP contribution in [0, 0.1) is 0 Å². The van der Waals surface area contributed by atoms with E-state index in [1.807, 2.05) is 30.3 Å². The zero-order valence-corrected chi connectivity index (χ0v) is 9.85. The molecule has 4 nitrogen and oxygen atoms in total. The number of benzene rings is 1. The molecule has 2 rings (SSSR count). The number of hydrogen-bond donors (Lipinski definition) is 1. The van der Waals surface area contributed by atoms with Crippen molar-refractivity contribution < 1.29 is 10.3 Å². The van der Waals surface area contributed by atoms with Crippen LogP contribution in [0.25, 0.3) is 10.9 Å². The van der Waals surface area contributed by atoms with Crippen LogP contribution in [0.2, 0.25) is 0 Å². The van der Waals surface area contributed by atoms with Gasteiger partial charge in [0.1, 0.15) is 5.69 Å². The molecule has 16 heavy (non-hydrogen) atoms. The second-order valence-electron chi connectivity index (χ2n) is 2.75. The van der Waals surface area contributed by atoms with Crippen molar-refractivity contribution in [1.29, 1.82) is 0 Å². The Kier molecular flexibility index (Phi) is 7.46. The first-order valence-electron chi connectivity index (χ1n) is 3.93. The maximum absolute atomic E-state index is 10.8. The molecule has 4 N–H and O–H groups in total. The normalized spacial score (nSPS) is 8.25. The Labute approximate surface area is 105 Å². The summed E-state index contributed by atoms with van der Waals surface area (Å²) in [5.74, 6) is -0.495. The fraction of sp³-hybridized carbons (Fsp3) is 0. The van der Waals surface area contributed by atoms with Crippen molar-refractivity contribution in [3.05, 3.63) is 42.1 Å². The molecule has 0 unspecified atom stereocenters. The van der Waals surface area contributed by atoms with Crippen molar-refractivity contribution in [2.75, 3.05) is 0 Å². The highest BCUT2D eigenvalue weighted by molar-refractivity contribution is 5.93. The summed E-state index contributed by atoms with van der Waals surface area (Å²) in [5.41, 5.74) is 6.20. The number of fused-ring (bicyclic) bond motifs is 1. The lowest BCUT2D eigenvalue weighted by atomic mass is 10.2. The standard InChI is InChI=1S/C10H8N2O.2ClH.H2O/c11-10(13)9-6-5-7-3-1-2-4-8(7)12-9;;;/h1-6H,(H2,11,13);2*1H;1H2. The molecule has 0 radical (unpaired) electrons. The molecule has 0 fully saturated rings. The number of pyridine rings is 1. The van der Waals surface area contributed by atoms with E-state index < -0.39 is 5.91 Å². The van der Waals surface area contributed by atoms with E-state index in [9.17, 15) is 4.79 Å². The maximum Gasteiger partial charge on any atom is 0.267 e. The fourth-order valence-electron chi connectivity index (χ4n) is 1.20. The molecule has 88 valence electrons. The van der Waals surface area contributed by atoms with Crippen molar-refractivity contribution in [1.82, 2.24) is 4.98 Å². The van der Waals surface area contributed by atoms with E-state index in [0.29, 0.717) is 5.69 Å². The first-order valence-corrected chi connectivity index (χ1v) is 3.93. The van der Waals surface area contributed by atoms with E-state index in [4.69, 9.17) is 5.73 Å². The van der Waals surface area contributed by atoms with Gasteiger partial charge in [0, 0.05) is 5.39 Å². The van der Waals surface area contributed by atoms with Crippen LogP contribution in [0.3, 0.4) is 0 Å². The third kappa shape index (κ3) is 3.34. The number of carbonyl (C=O) groups excluding carboxylic acids is 1. The van der Waals surface area contributed by atoms with Crippen molar-refractivity contribution >= 4 is 41.6 Å². The van der Waals surface area contributed by atoms with E-state index in [-0.39, 0.29) is 30.3 Å². The van der Waals surface area contributed by atoms with Gasteiger partial charge in [-0.05, 0) is 12.1 Å². The van der Waals surface area contributed by atoms with Gasteiger partial charge in [0.25, 0.3) is 5.91 Å². The molecular weight excluding hydrogens is 251 g/mol. The number of halogens is 2. The van der Waals surface area contributed by atoms with Crippen LogP contribution < -0.4 is 5.73 Å². The molecule has 2 aromatic rings. The number of primary amides is 1. The van der Waals surface area contributed by atoms with Gasteiger partial charge in [-0.3, -0.25) is 4.79 Å². The predicted molar refractivity (Wildman–Crippen MR) is 68.4 cm³/mol. The van der Waals surface area contributed by atoms with Crippen LogP contribution >= 0.6 is 24.8 Å². The third-order valence-electron chi connectivity index (χ3n) is 1.85. The van der Waals surface area contributed by atoms with Gasteiger partial charge in [-0.2, -0.15) is 0 Å². The molecule has 0 aliphatic carbocycles. The van der Waals surface area contributed by atoms with Crippen molar-refractivity contribution in [3.8, 4) is 0 Å². The smallest absolute Gasteiger partial charge is 0.267 e. The van der Waals surface area contributed by atoms with Gasteiger partial charge in [0.05, 0.1) is 5.52 Å². The minimum atomic E-state index is -0.495. The Hall–Kier alpha value is -1.36. The lowest BCUT2D eigenvalue weighted by Gasteiger charge is -1.97. The van der Waals surface area contributed by atoms with Gasteiger partial charge in [-0.15, -0.1) is 24.8 Å². The second-order valence-corrected chi connectivity index (χ2v) is 2.75. The van der Waals surface area contributed by atoms with Crippen LogP contribution in [-0.2, 0) is 0 Å². The van der Waals surface area contributed by atoms with E-state index in [1.165, 1.54) is 0 Å². The lowest BCUT2D eigenvalue weighted by molar-refractivity contribution is 0.0996. The Morgan fingerprint density at radius 3 is 2.31 bits per heavy atom. The Morgan fingerprint density at radius 2 is 1.69 bits per heavy atom. The number of amides is 1. The van der Waals surface area contributed by atoms with Crippen LogP contribution in [0.5, 0.6) is 0 Å². The zero-order chi connectivity index (χ0) is 9.26. The molecule has 0 saturated heterocycles. The average Bonchev–Trinajstić information content (AvgIpc) is 2.17. The number of nitrogens with zero attached hydrogens (tertiary/aromatic N) is 1. The first-order chi connectivity index (χ1) is 6.27. The van der Waals surface area contributed by atoms with Crippen molar-refractivity contribution in [2.24, 2.45) is 5.73 Å². The van der Waals surface area contributed by atoms with Crippen LogP contribution in [0.15, 0.2) is 36.4 Å². The maximum atomic E-state index is 10.8. The molecule has 0 bridgehead atoms. The monoisotopic (exact) mass is 262 g/mol. The number of para-hydroxylation sites is 1. The van der Waals surface area contributed by atoms with E-state index >= 15 is 0 Å². The minimum absolute atomic E-state index is 0. The predicted octanol–water partition coefficient (Wildman–Crippen LogP) is 1.35. The van der Waals surface area contributed by atoms with Crippen LogP contribution in [0.4, 0.5) is 0 Å². The molecule has 6 heteroatoms. The summed E-state index contributed by atoms with van der Waals surface area (Å²) in [5, 5.41) is 1.01. The van der Waals surface area contributed by atoms with Gasteiger partial charge in [0.2, 0.25) is 0 Å². The topological polar surface area (TPSA) is 87.5 Å². The summed E-state index contributed by atoms with van der Waals surface area (Å²) in [7, 11) is 0. The third-order valence-corrected chi connectivity index (χ3v) is 1.85. The van der Waals surface area contributed by atoms with Gasteiger partial charge in [-0.1, -0.05) is 24.3 Å². The molecule has 1 amide bonds. The average molecular weight is 263 g/mol. The number of nitrogens with two attached hydrogens (primary N) is 1. The van der Waals surface area contributed by atoms with Gasteiger partial charge < -0.3 is 11.2 Å². The van der Waals surface area contributed by atoms with Gasteiger partial charge in [-0.25, -0.2) is 4.98 Å². The van der Waals surface area contributed by atoms with Crippen molar-refractivity contribution in [3.63, 3.8) is 0 Å². The van der Waals surface area contributed by atoms with Crippen LogP contribution in [0.1, 0.15) is 10.5 Å². The van der Waals surface area contributed by atoms with E-state index in [0.717, 1.165) is 10.9 Å². The second kappa shape index (κ2) is 7.00. The molecule has 1 aromatic heterocycles. The summed E-state index contributed by atoms with van der Waals surface area (Å²) in [6.07, 6.45) is 0. The summed E-state index contributed by atoms with van der Waals surface area (Å²) in [4.78, 5) is 14.9. The molecule has 1 aromatic carbocycles. The van der Waals surface area contributed by atoms with Crippen LogP contribution in [-0.4, -0.2) is 16.4 Å². The number of carbonyl (C=O) groups is 1. The van der Waals surface area contributed by atoms with E-state index in [1.54, 1.807) is 6.07 Å². The quantitative estimate of drug-likeness (QED) is 0.841. The summed E-state index contributed by atoms with van der Waals surface area (Å²) >= 11 is 0. The molecule has 0 aliphatic heterocycles. The highest BCUT2D eigenvalue weighted by Gasteiger charge is 2.01. The largest absolute Gasteiger partial charge is 0.412 e. The summed E-state index contributed by atoms with van der Waals surface area (Å²) < 4.78 is 0. The number of rotatable bonds is 1. The number of hydrogen-bond acceptors (Lipinski definition) is 2. The highest BCUT2D eigenvalue weighted by Crippen LogP contribution is 2.10. The SMILES string of the molecule is Cl.Cl.NC(=O)c1ccc2ccccc2n1.O. The van der Waals surface area contributed by atoms with E-state index in [2.05, 4.69) is 4.98 Å². The molecule has 0 saturated carbocycles. The fourth-order valence-corrected chi connectivity index (χ4v) is 1.20.